The summed E-state index contributed by atoms with van der Waals surface area (Å²) in [5.41, 5.74) is 0.139. The molecule has 0 atom stereocenters. The number of benzene rings is 1. The summed E-state index contributed by atoms with van der Waals surface area (Å²) in [6, 6.07) is 5.02. The maximum Gasteiger partial charge on any atom is 0.335 e. The molecule has 1 rings (SSSR count). The lowest BCUT2D eigenvalue weighted by Gasteiger charge is -2.05. The summed E-state index contributed by atoms with van der Waals surface area (Å²) in [4.78, 5) is 12.4. The van der Waals surface area contributed by atoms with E-state index in [0.29, 0.717) is 0 Å². The van der Waals surface area contributed by atoms with Gasteiger partial charge in [-0.25, -0.2) is 4.79 Å². The van der Waals surface area contributed by atoms with Crippen molar-refractivity contribution in [2.75, 3.05) is 20.6 Å². The Hall–Kier alpha value is -1.55. The van der Waals surface area contributed by atoms with Crippen molar-refractivity contribution in [3.63, 3.8) is 0 Å². The lowest BCUT2D eigenvalue weighted by atomic mass is 10.2. The molecule has 0 aliphatic rings. The van der Waals surface area contributed by atoms with Gasteiger partial charge in [-0.2, -0.15) is 0 Å². The van der Waals surface area contributed by atoms with Crippen molar-refractivity contribution in [3.8, 4) is 5.75 Å². The van der Waals surface area contributed by atoms with E-state index in [1.165, 1.54) is 43.7 Å². The predicted molar refractivity (Wildman–Crippen MR) is 66.3 cm³/mol. The molecular formula is C13H20NO3-. The van der Waals surface area contributed by atoms with E-state index >= 15 is 0 Å². The fourth-order valence-corrected chi connectivity index (χ4v) is 1.07. The van der Waals surface area contributed by atoms with Crippen LogP contribution in [0.5, 0.6) is 5.75 Å². The van der Waals surface area contributed by atoms with E-state index in [4.69, 9.17) is 5.11 Å². The molecule has 1 aromatic carbocycles. The predicted octanol–water partition coefficient (Wildman–Crippen LogP) is 1.81. The summed E-state index contributed by atoms with van der Waals surface area (Å²) in [5, 5.41) is 18.8. The van der Waals surface area contributed by atoms with Gasteiger partial charge >= 0.3 is 5.97 Å². The van der Waals surface area contributed by atoms with E-state index in [9.17, 15) is 9.90 Å². The van der Waals surface area contributed by atoms with Gasteiger partial charge in [0.25, 0.3) is 0 Å². The van der Waals surface area contributed by atoms with Gasteiger partial charge in [0.2, 0.25) is 0 Å². The van der Waals surface area contributed by atoms with Crippen LogP contribution in [0.15, 0.2) is 24.3 Å². The maximum atomic E-state index is 10.5. The van der Waals surface area contributed by atoms with Gasteiger partial charge in [0, 0.05) is 0 Å². The van der Waals surface area contributed by atoms with Gasteiger partial charge in [-0.3, -0.25) is 0 Å². The second kappa shape index (κ2) is 8.58. The number of carbonyl (C=O) groups is 1. The summed E-state index contributed by atoms with van der Waals surface area (Å²) in [5.74, 6) is -1.19. The Labute approximate surface area is 103 Å². The topological polar surface area (TPSA) is 63.6 Å². The van der Waals surface area contributed by atoms with Crippen LogP contribution in [0.2, 0.25) is 0 Å². The third kappa shape index (κ3) is 8.28. The zero-order valence-electron chi connectivity index (χ0n) is 10.6. The van der Waals surface area contributed by atoms with Crippen LogP contribution in [0.25, 0.3) is 0 Å². The lowest BCUT2D eigenvalue weighted by Crippen LogP contribution is -2.12. The Morgan fingerprint density at radius 3 is 2.12 bits per heavy atom. The van der Waals surface area contributed by atoms with E-state index in [0.717, 1.165) is 0 Å². The van der Waals surface area contributed by atoms with Crippen LogP contribution in [0.3, 0.4) is 0 Å². The van der Waals surface area contributed by atoms with Crippen molar-refractivity contribution in [3.05, 3.63) is 29.8 Å². The second-order valence-corrected chi connectivity index (χ2v) is 3.99. The molecule has 0 saturated heterocycles. The van der Waals surface area contributed by atoms with Gasteiger partial charge in [-0.15, -0.1) is 5.75 Å². The lowest BCUT2D eigenvalue weighted by molar-refractivity contribution is -0.268. The highest BCUT2D eigenvalue weighted by molar-refractivity contribution is 5.87. The SMILES string of the molecule is CCCCN(C)C.O=C(O)c1ccc([O-])cc1. The number of hydrogen-bond donors (Lipinski definition) is 1. The quantitative estimate of drug-likeness (QED) is 0.868. The number of unbranched alkanes of at least 4 members (excludes halogenated alkanes) is 1. The number of hydrogen-bond acceptors (Lipinski definition) is 3. The molecule has 0 amide bonds. The van der Waals surface area contributed by atoms with Crippen LogP contribution in [0, 0.1) is 0 Å². The van der Waals surface area contributed by atoms with Gasteiger partial charge in [0.05, 0.1) is 5.56 Å². The molecule has 0 aliphatic carbocycles. The number of aromatic carboxylic acids is 1. The fourth-order valence-electron chi connectivity index (χ4n) is 1.07. The van der Waals surface area contributed by atoms with Gasteiger partial charge in [0.1, 0.15) is 0 Å². The molecule has 0 spiro atoms. The smallest absolute Gasteiger partial charge is 0.335 e. The largest absolute Gasteiger partial charge is 0.872 e. The van der Waals surface area contributed by atoms with Crippen molar-refractivity contribution < 1.29 is 15.0 Å². The maximum absolute atomic E-state index is 10.5. The molecule has 96 valence electrons. The highest BCUT2D eigenvalue weighted by atomic mass is 16.4. The van der Waals surface area contributed by atoms with E-state index < -0.39 is 5.97 Å². The second-order valence-electron chi connectivity index (χ2n) is 3.99. The van der Waals surface area contributed by atoms with Gasteiger partial charge in [0.15, 0.2) is 0 Å². The van der Waals surface area contributed by atoms with Crippen LogP contribution in [0.4, 0.5) is 0 Å². The van der Waals surface area contributed by atoms with Crippen LogP contribution in [-0.4, -0.2) is 36.6 Å². The van der Waals surface area contributed by atoms with Crippen molar-refractivity contribution in [1.82, 2.24) is 4.90 Å². The van der Waals surface area contributed by atoms with E-state index in [1.54, 1.807) is 0 Å². The zero-order valence-corrected chi connectivity index (χ0v) is 10.6. The third-order valence-corrected chi connectivity index (χ3v) is 2.06. The molecule has 0 aromatic heterocycles. The zero-order chi connectivity index (χ0) is 13.3. The minimum absolute atomic E-state index is 0.139. The van der Waals surface area contributed by atoms with Crippen LogP contribution in [-0.2, 0) is 0 Å². The number of rotatable bonds is 4. The molecule has 0 saturated carbocycles. The molecule has 1 aromatic rings. The molecule has 0 radical (unpaired) electrons. The van der Waals surface area contributed by atoms with Crippen molar-refractivity contribution in [2.24, 2.45) is 0 Å². The highest BCUT2D eigenvalue weighted by Gasteiger charge is 1.97. The molecule has 0 bridgehead atoms. The summed E-state index contributed by atoms with van der Waals surface area (Å²) in [7, 11) is 4.21. The molecule has 0 heterocycles. The molecule has 17 heavy (non-hydrogen) atoms. The van der Waals surface area contributed by atoms with Crippen molar-refractivity contribution >= 4 is 5.97 Å². The summed E-state index contributed by atoms with van der Waals surface area (Å²) in [6.45, 7) is 3.44. The average molecular weight is 238 g/mol. The van der Waals surface area contributed by atoms with E-state index in [2.05, 4.69) is 25.9 Å². The Morgan fingerprint density at radius 2 is 1.82 bits per heavy atom. The van der Waals surface area contributed by atoms with Gasteiger partial charge in [-0.05, 0) is 39.2 Å². The first-order valence-corrected chi connectivity index (χ1v) is 5.62. The van der Waals surface area contributed by atoms with Crippen LogP contribution >= 0.6 is 0 Å². The molecule has 0 unspecified atom stereocenters. The molecule has 4 nitrogen and oxygen atoms in total. The average Bonchev–Trinajstić information content (AvgIpc) is 2.27. The van der Waals surface area contributed by atoms with Crippen molar-refractivity contribution in [2.45, 2.75) is 19.8 Å². The van der Waals surface area contributed by atoms with Gasteiger partial charge < -0.3 is 15.1 Å². The Morgan fingerprint density at radius 1 is 1.29 bits per heavy atom. The first kappa shape index (κ1) is 15.4. The summed E-state index contributed by atoms with van der Waals surface area (Å²) < 4.78 is 0. The molecule has 0 fully saturated rings. The third-order valence-electron chi connectivity index (χ3n) is 2.06. The Kier molecular flexibility index (Phi) is 7.80. The minimum Gasteiger partial charge on any atom is -0.872 e. The van der Waals surface area contributed by atoms with Crippen LogP contribution < -0.4 is 5.11 Å². The molecular weight excluding hydrogens is 218 g/mol. The highest BCUT2D eigenvalue weighted by Crippen LogP contribution is 2.05. The first-order chi connectivity index (χ1) is 7.97. The molecule has 4 heteroatoms. The number of carboxylic acid groups (broad SMARTS) is 1. The number of nitrogens with zero attached hydrogens (tertiary/aromatic N) is 1. The number of carboxylic acids is 1. The molecule has 0 aliphatic heterocycles. The summed E-state index contributed by atoms with van der Waals surface area (Å²) >= 11 is 0. The Bertz CT molecular complexity index is 320. The summed E-state index contributed by atoms with van der Waals surface area (Å²) in [6.07, 6.45) is 2.63. The van der Waals surface area contributed by atoms with Crippen LogP contribution in [0.1, 0.15) is 30.1 Å². The van der Waals surface area contributed by atoms with Gasteiger partial charge in [-0.1, -0.05) is 25.5 Å². The molecule has 1 N–H and O–H groups in total. The van der Waals surface area contributed by atoms with Crippen molar-refractivity contribution in [1.29, 1.82) is 0 Å². The fraction of sp³-hybridized carbons (Fsp3) is 0.462. The van der Waals surface area contributed by atoms with E-state index in [1.807, 2.05) is 0 Å². The first-order valence-electron chi connectivity index (χ1n) is 5.62. The normalized spacial score (nSPS) is 9.65. The standard InChI is InChI=1S/C7H6O3.C6H15N/c8-6-3-1-5(2-4-6)7(9)10;1-4-5-6-7(2)3/h1-4,8H,(H,9,10);4-6H2,1-3H3/p-1. The van der Waals surface area contributed by atoms with E-state index in [-0.39, 0.29) is 11.3 Å². The monoisotopic (exact) mass is 238 g/mol. The Balaban J connectivity index is 0.000000325. The minimum atomic E-state index is -1.01.